The van der Waals surface area contributed by atoms with Crippen LogP contribution in [0, 0.1) is 6.92 Å². The van der Waals surface area contributed by atoms with E-state index in [1.54, 1.807) is 0 Å². The summed E-state index contributed by atoms with van der Waals surface area (Å²) in [6.45, 7) is 5.12. The lowest BCUT2D eigenvalue weighted by Crippen LogP contribution is -2.46. The fourth-order valence-electron chi connectivity index (χ4n) is 2.86. The number of nitrogens with one attached hydrogen (secondary N) is 1. The Balaban J connectivity index is 1.76. The average Bonchev–Trinajstić information content (AvgIpc) is 2.95. The van der Waals surface area contributed by atoms with Gasteiger partial charge in [-0.2, -0.15) is 0 Å². The van der Waals surface area contributed by atoms with E-state index in [2.05, 4.69) is 22.4 Å². The maximum atomic E-state index is 6.02. The van der Waals surface area contributed by atoms with Crippen molar-refractivity contribution in [1.29, 1.82) is 0 Å². The Morgan fingerprint density at radius 2 is 2.17 bits per heavy atom. The molecule has 3 rings (SSSR count). The Bertz CT molecular complexity index is 629. The van der Waals surface area contributed by atoms with Crippen LogP contribution in [0.3, 0.4) is 0 Å². The van der Waals surface area contributed by atoms with Crippen LogP contribution in [-0.4, -0.2) is 42.9 Å². The Morgan fingerprint density at radius 1 is 1.39 bits per heavy atom. The highest BCUT2D eigenvalue weighted by Crippen LogP contribution is 2.24. The average molecular weight is 336 g/mol. The van der Waals surface area contributed by atoms with Crippen LogP contribution in [0.5, 0.6) is 0 Å². The Morgan fingerprint density at radius 3 is 2.83 bits per heavy atom. The summed E-state index contributed by atoms with van der Waals surface area (Å²) < 4.78 is 11.3. The molecule has 0 saturated carbocycles. The van der Waals surface area contributed by atoms with Crippen molar-refractivity contribution in [1.82, 2.24) is 15.4 Å². The Hall–Kier alpha value is -1.40. The van der Waals surface area contributed by atoms with Gasteiger partial charge >= 0.3 is 0 Å². The van der Waals surface area contributed by atoms with Gasteiger partial charge in [0.2, 0.25) is 0 Å². The molecule has 2 atom stereocenters. The molecule has 2 heterocycles. The second-order valence-electron chi connectivity index (χ2n) is 6.02. The number of morpholine rings is 1. The van der Waals surface area contributed by atoms with Crippen LogP contribution in [0.15, 0.2) is 34.9 Å². The largest absolute Gasteiger partial charge is 0.374 e. The highest BCUT2D eigenvalue weighted by Gasteiger charge is 2.28. The number of halogens is 1. The number of nitrogens with zero attached hydrogens (tertiary/aromatic N) is 2. The van der Waals surface area contributed by atoms with E-state index in [9.17, 15) is 0 Å². The number of aryl methyl sites for hydroxylation is 1. The molecule has 1 saturated heterocycles. The van der Waals surface area contributed by atoms with Crippen molar-refractivity contribution < 1.29 is 9.26 Å². The molecule has 5 nitrogen and oxygen atoms in total. The molecule has 1 aliphatic heterocycles. The zero-order chi connectivity index (χ0) is 16.2. The van der Waals surface area contributed by atoms with Crippen molar-refractivity contribution in [2.24, 2.45) is 0 Å². The van der Waals surface area contributed by atoms with E-state index in [0.717, 1.165) is 41.7 Å². The fourth-order valence-corrected chi connectivity index (χ4v) is 2.98. The molecule has 0 unspecified atom stereocenters. The molecular formula is C17H22ClN3O2. The van der Waals surface area contributed by atoms with Gasteiger partial charge < -0.3 is 19.5 Å². The summed E-state index contributed by atoms with van der Waals surface area (Å²) in [5.74, 6) is 0.825. The van der Waals surface area contributed by atoms with Crippen molar-refractivity contribution in [2.75, 3.05) is 26.7 Å². The Labute approximate surface area is 141 Å². The third-order valence-corrected chi connectivity index (χ3v) is 4.32. The van der Waals surface area contributed by atoms with Crippen molar-refractivity contribution in [3.8, 4) is 0 Å². The maximum Gasteiger partial charge on any atom is 0.150 e. The van der Waals surface area contributed by atoms with Gasteiger partial charge in [0, 0.05) is 24.2 Å². The van der Waals surface area contributed by atoms with Gasteiger partial charge in [-0.15, -0.1) is 0 Å². The van der Waals surface area contributed by atoms with Gasteiger partial charge in [-0.05, 0) is 31.7 Å². The number of ether oxygens (including phenoxy) is 1. The van der Waals surface area contributed by atoms with Crippen LogP contribution in [-0.2, 0) is 11.3 Å². The molecule has 0 radical (unpaired) electrons. The Kier molecular flexibility index (Phi) is 5.33. The molecule has 0 amide bonds. The van der Waals surface area contributed by atoms with E-state index in [4.69, 9.17) is 20.9 Å². The molecule has 124 valence electrons. The zero-order valence-corrected chi connectivity index (χ0v) is 14.2. The number of hydrogen-bond acceptors (Lipinski definition) is 5. The smallest absolute Gasteiger partial charge is 0.150 e. The van der Waals surface area contributed by atoms with Crippen LogP contribution in [0.4, 0.5) is 0 Å². The molecule has 6 heteroatoms. The lowest BCUT2D eigenvalue weighted by atomic mass is 10.00. The van der Waals surface area contributed by atoms with Crippen molar-refractivity contribution in [3.05, 3.63) is 52.4 Å². The predicted octanol–water partition coefficient (Wildman–Crippen LogP) is 2.80. The van der Waals surface area contributed by atoms with Gasteiger partial charge in [-0.3, -0.25) is 0 Å². The zero-order valence-electron chi connectivity index (χ0n) is 13.5. The second kappa shape index (κ2) is 7.45. The molecule has 0 aliphatic carbocycles. The minimum absolute atomic E-state index is 0.0698. The summed E-state index contributed by atoms with van der Waals surface area (Å²) in [5, 5.41) is 8.21. The van der Waals surface area contributed by atoms with Gasteiger partial charge in [-0.25, -0.2) is 0 Å². The van der Waals surface area contributed by atoms with E-state index in [1.165, 1.54) is 0 Å². The summed E-state index contributed by atoms with van der Waals surface area (Å²) in [6, 6.07) is 9.93. The van der Waals surface area contributed by atoms with Crippen molar-refractivity contribution in [3.63, 3.8) is 0 Å². The summed E-state index contributed by atoms with van der Waals surface area (Å²) in [6.07, 6.45) is 0.0824. The van der Waals surface area contributed by atoms with Crippen LogP contribution in [0.2, 0.25) is 5.02 Å². The summed E-state index contributed by atoms with van der Waals surface area (Å²) >= 11 is 6.02. The van der Waals surface area contributed by atoms with Crippen LogP contribution >= 0.6 is 11.6 Å². The second-order valence-corrected chi connectivity index (χ2v) is 6.45. The van der Waals surface area contributed by atoms with Gasteiger partial charge in [-0.1, -0.05) is 28.9 Å². The first-order valence-corrected chi connectivity index (χ1v) is 8.21. The quantitative estimate of drug-likeness (QED) is 0.910. The van der Waals surface area contributed by atoms with E-state index in [0.29, 0.717) is 6.54 Å². The van der Waals surface area contributed by atoms with Crippen LogP contribution in [0.25, 0.3) is 0 Å². The monoisotopic (exact) mass is 335 g/mol. The first-order valence-electron chi connectivity index (χ1n) is 7.83. The molecule has 2 aromatic rings. The summed E-state index contributed by atoms with van der Waals surface area (Å²) in [7, 11) is 2.12. The summed E-state index contributed by atoms with van der Waals surface area (Å²) in [4.78, 5) is 2.29. The number of rotatable bonds is 5. The SMILES string of the molecule is Cc1cc(CN[C@@H](c2ccc(Cl)cc2)[C@H]2CN(C)CCO2)on1. The maximum absolute atomic E-state index is 6.02. The molecule has 1 fully saturated rings. The van der Waals surface area contributed by atoms with Crippen molar-refractivity contribution in [2.45, 2.75) is 25.6 Å². The lowest BCUT2D eigenvalue weighted by Gasteiger charge is -2.35. The first-order chi connectivity index (χ1) is 11.1. The molecule has 0 spiro atoms. The molecule has 0 bridgehead atoms. The van der Waals surface area contributed by atoms with Gasteiger partial charge in [0.25, 0.3) is 0 Å². The first kappa shape index (κ1) is 16.5. The normalized spacial score (nSPS) is 20.6. The number of benzene rings is 1. The number of likely N-dealkylation sites (N-methyl/N-ethyl adjacent to an activating group) is 1. The third-order valence-electron chi connectivity index (χ3n) is 4.07. The fraction of sp³-hybridized carbons (Fsp3) is 0.471. The van der Waals surface area contributed by atoms with E-state index < -0.39 is 0 Å². The molecule has 1 aliphatic rings. The van der Waals surface area contributed by atoms with Crippen LogP contribution < -0.4 is 5.32 Å². The highest BCUT2D eigenvalue weighted by atomic mass is 35.5. The summed E-state index contributed by atoms with van der Waals surface area (Å²) in [5.41, 5.74) is 2.05. The predicted molar refractivity (Wildman–Crippen MR) is 89.5 cm³/mol. The third kappa shape index (κ3) is 4.32. The molecule has 1 aromatic heterocycles. The molecule has 1 aromatic carbocycles. The molecular weight excluding hydrogens is 314 g/mol. The van der Waals surface area contributed by atoms with Crippen LogP contribution in [0.1, 0.15) is 23.1 Å². The minimum Gasteiger partial charge on any atom is -0.374 e. The van der Waals surface area contributed by atoms with E-state index in [-0.39, 0.29) is 12.1 Å². The van der Waals surface area contributed by atoms with Gasteiger partial charge in [0.1, 0.15) is 0 Å². The topological polar surface area (TPSA) is 50.5 Å². The molecule has 23 heavy (non-hydrogen) atoms. The van der Waals surface area contributed by atoms with Gasteiger partial charge in [0.15, 0.2) is 5.76 Å². The highest BCUT2D eigenvalue weighted by molar-refractivity contribution is 6.30. The number of aromatic nitrogens is 1. The molecule has 1 N–H and O–H groups in total. The van der Waals surface area contributed by atoms with E-state index >= 15 is 0 Å². The lowest BCUT2D eigenvalue weighted by molar-refractivity contribution is -0.0399. The van der Waals surface area contributed by atoms with Crippen molar-refractivity contribution >= 4 is 11.6 Å². The minimum atomic E-state index is 0.0698. The standard InChI is InChI=1S/C17H22ClN3O2/c1-12-9-15(23-20-12)10-19-17(13-3-5-14(18)6-4-13)16-11-21(2)7-8-22-16/h3-6,9,16-17,19H,7-8,10-11H2,1-2H3/t16-,17+/m1/s1. The van der Waals surface area contributed by atoms with E-state index in [1.807, 2.05) is 37.3 Å². The van der Waals surface area contributed by atoms with Gasteiger partial charge in [0.05, 0.1) is 31.0 Å². The number of hydrogen-bond donors (Lipinski definition) is 1.